The molecule has 0 unspecified atom stereocenters. The van der Waals surface area contributed by atoms with E-state index in [1.54, 1.807) is 25.2 Å². The molecule has 0 amide bonds. The Kier molecular flexibility index (Phi) is 6.21. The Labute approximate surface area is 195 Å². The van der Waals surface area contributed by atoms with Gasteiger partial charge in [0.05, 0.1) is 30.1 Å². The predicted molar refractivity (Wildman–Crippen MR) is 122 cm³/mol. The van der Waals surface area contributed by atoms with E-state index in [0.717, 1.165) is 17.0 Å². The van der Waals surface area contributed by atoms with Crippen molar-refractivity contribution < 1.29 is 27.6 Å². The third-order valence-electron chi connectivity index (χ3n) is 5.47. The number of non-ortho nitro benzene ring substituents is 1. The quantitative estimate of drug-likeness (QED) is 0.387. The normalized spacial score (nSPS) is 14.4. The Morgan fingerprint density at radius 3 is 2.12 bits per heavy atom. The van der Waals surface area contributed by atoms with Crippen LogP contribution in [-0.2, 0) is 6.18 Å². The summed E-state index contributed by atoms with van der Waals surface area (Å²) in [7, 11) is 3.11. The zero-order valence-corrected chi connectivity index (χ0v) is 18.9. The van der Waals surface area contributed by atoms with Crippen LogP contribution in [0.25, 0.3) is 10.1 Å². The van der Waals surface area contributed by atoms with Gasteiger partial charge in [0.15, 0.2) is 5.13 Å². The van der Waals surface area contributed by atoms with E-state index >= 15 is 0 Å². The van der Waals surface area contributed by atoms with Crippen molar-refractivity contribution in [2.45, 2.75) is 6.18 Å². The highest BCUT2D eigenvalue weighted by molar-refractivity contribution is 7.22. The number of hydrogen-bond acceptors (Lipinski definition) is 9. The van der Waals surface area contributed by atoms with E-state index in [1.807, 2.05) is 12.1 Å². The number of methoxy groups -OCH3 is 2. The average Bonchev–Trinajstić information content (AvgIpc) is 2.82. The summed E-state index contributed by atoms with van der Waals surface area (Å²) in [6.07, 6.45) is -4.83. The number of nitrogens with zero attached hydrogens (tertiary/aromatic N) is 4. The van der Waals surface area contributed by atoms with Gasteiger partial charge in [0.2, 0.25) is 0 Å². The number of benzene rings is 2. The van der Waals surface area contributed by atoms with Gasteiger partial charge in [-0.1, -0.05) is 11.3 Å². The highest BCUT2D eigenvalue weighted by atomic mass is 32.1. The number of rotatable bonds is 5. The molecule has 0 bridgehead atoms. The zero-order chi connectivity index (χ0) is 24.6. The van der Waals surface area contributed by atoms with Crippen LogP contribution in [0.1, 0.15) is 5.56 Å². The van der Waals surface area contributed by atoms with Crippen LogP contribution in [0.2, 0.25) is 0 Å². The molecule has 2 heterocycles. The van der Waals surface area contributed by atoms with Crippen LogP contribution in [0.5, 0.6) is 11.5 Å². The number of piperazine rings is 1. The van der Waals surface area contributed by atoms with E-state index < -0.39 is 33.3 Å². The Morgan fingerprint density at radius 2 is 1.59 bits per heavy atom. The summed E-state index contributed by atoms with van der Waals surface area (Å²) in [4.78, 5) is 31.0. The summed E-state index contributed by atoms with van der Waals surface area (Å²) in [6.45, 7) is 1.99. The zero-order valence-electron chi connectivity index (χ0n) is 18.1. The Morgan fingerprint density at radius 1 is 1.00 bits per heavy atom. The topological polar surface area (TPSA) is 98.0 Å². The molecule has 3 aromatic rings. The molecular weight excluding hydrogens is 477 g/mol. The molecule has 1 aromatic heterocycles. The average molecular weight is 496 g/mol. The molecule has 0 saturated carbocycles. The van der Waals surface area contributed by atoms with Gasteiger partial charge in [-0.25, -0.2) is 0 Å². The van der Waals surface area contributed by atoms with Gasteiger partial charge in [0, 0.05) is 56.1 Å². The Balaban J connectivity index is 1.64. The van der Waals surface area contributed by atoms with Gasteiger partial charge < -0.3 is 19.3 Å². The molecule has 9 nitrogen and oxygen atoms in total. The van der Waals surface area contributed by atoms with Gasteiger partial charge in [0.1, 0.15) is 16.2 Å². The Bertz CT molecular complexity index is 1280. The lowest BCUT2D eigenvalue weighted by Crippen LogP contribution is -2.47. The maximum absolute atomic E-state index is 13.2. The predicted octanol–water partition coefficient (Wildman–Crippen LogP) is 3.93. The van der Waals surface area contributed by atoms with Gasteiger partial charge >= 0.3 is 6.18 Å². The number of nitro groups is 1. The van der Waals surface area contributed by atoms with Crippen molar-refractivity contribution in [1.82, 2.24) is 4.98 Å². The van der Waals surface area contributed by atoms with Crippen LogP contribution in [-0.4, -0.2) is 50.3 Å². The monoisotopic (exact) mass is 496 g/mol. The van der Waals surface area contributed by atoms with Crippen LogP contribution >= 0.6 is 11.3 Å². The maximum Gasteiger partial charge on any atom is 0.416 e. The van der Waals surface area contributed by atoms with Crippen molar-refractivity contribution in [2.75, 3.05) is 50.2 Å². The Hall–Kier alpha value is -3.61. The lowest BCUT2D eigenvalue weighted by atomic mass is 10.1. The van der Waals surface area contributed by atoms with E-state index in [9.17, 15) is 28.1 Å². The molecular formula is C21H19F3N4O5S. The highest BCUT2D eigenvalue weighted by Crippen LogP contribution is 2.38. The fourth-order valence-electron chi connectivity index (χ4n) is 3.71. The van der Waals surface area contributed by atoms with Crippen molar-refractivity contribution in [3.63, 3.8) is 0 Å². The number of ether oxygens (including phenoxy) is 2. The first-order valence-electron chi connectivity index (χ1n) is 10.0. The third kappa shape index (κ3) is 4.55. The molecule has 0 N–H and O–H groups in total. The summed E-state index contributed by atoms with van der Waals surface area (Å²) in [5.41, 5.74) is -2.07. The van der Waals surface area contributed by atoms with Crippen molar-refractivity contribution in [1.29, 1.82) is 0 Å². The lowest BCUT2D eigenvalue weighted by molar-refractivity contribution is -0.383. The smallest absolute Gasteiger partial charge is 0.416 e. The van der Waals surface area contributed by atoms with E-state index in [0.29, 0.717) is 49.8 Å². The van der Waals surface area contributed by atoms with Gasteiger partial charge in [-0.15, -0.1) is 0 Å². The fourth-order valence-corrected chi connectivity index (χ4v) is 4.82. The standard InChI is InChI=1S/C21H19F3N4O5S/c1-32-14-9-13(10-15(11-14)33-2)26-3-5-27(6-4-26)20-25-19(29)16-7-12(21(22,23)24)8-17(28(30)31)18(16)34-20/h7-11H,3-6H2,1-2H3. The van der Waals surface area contributed by atoms with Crippen molar-refractivity contribution >= 4 is 37.9 Å². The molecule has 1 fully saturated rings. The minimum atomic E-state index is -4.83. The number of fused-ring (bicyclic) bond motifs is 1. The number of aromatic nitrogens is 1. The van der Waals surface area contributed by atoms with Crippen molar-refractivity contribution in [3.8, 4) is 11.5 Å². The van der Waals surface area contributed by atoms with E-state index in [4.69, 9.17) is 9.47 Å². The van der Waals surface area contributed by atoms with E-state index in [1.165, 1.54) is 0 Å². The van der Waals surface area contributed by atoms with Crippen LogP contribution in [0.3, 0.4) is 0 Å². The van der Waals surface area contributed by atoms with Gasteiger partial charge in [0.25, 0.3) is 11.2 Å². The minimum absolute atomic E-state index is 0.132. The summed E-state index contributed by atoms with van der Waals surface area (Å²) < 4.78 is 50.0. The number of hydrogen-bond donors (Lipinski definition) is 0. The van der Waals surface area contributed by atoms with Gasteiger partial charge in [-0.3, -0.25) is 14.9 Å². The number of nitro benzene ring substituents is 1. The molecule has 1 aliphatic rings. The molecule has 4 rings (SSSR count). The molecule has 13 heteroatoms. The molecule has 0 radical (unpaired) electrons. The highest BCUT2D eigenvalue weighted by Gasteiger charge is 2.34. The lowest BCUT2D eigenvalue weighted by Gasteiger charge is -2.36. The largest absolute Gasteiger partial charge is 0.497 e. The summed E-state index contributed by atoms with van der Waals surface area (Å²) in [5, 5.41) is 11.3. The number of halogens is 3. The van der Waals surface area contributed by atoms with Crippen molar-refractivity contribution in [2.24, 2.45) is 0 Å². The minimum Gasteiger partial charge on any atom is -0.497 e. The second-order valence-corrected chi connectivity index (χ2v) is 8.45. The summed E-state index contributed by atoms with van der Waals surface area (Å²) >= 11 is 0.838. The fraction of sp³-hybridized carbons (Fsp3) is 0.333. The SMILES string of the molecule is COc1cc(OC)cc(N2CCN(c3nc(=O)c4cc(C(F)(F)F)cc([N+](=O)[O-])c4s3)CC2)c1. The molecule has 34 heavy (non-hydrogen) atoms. The first kappa shape index (κ1) is 23.5. The summed E-state index contributed by atoms with van der Waals surface area (Å²) in [6, 6.07) is 6.56. The molecule has 180 valence electrons. The van der Waals surface area contributed by atoms with Crippen LogP contribution in [0.15, 0.2) is 35.1 Å². The number of alkyl halides is 3. The van der Waals surface area contributed by atoms with Crippen LogP contribution < -0.4 is 24.8 Å². The molecule has 2 aromatic carbocycles. The van der Waals surface area contributed by atoms with Crippen LogP contribution in [0, 0.1) is 10.1 Å². The third-order valence-corrected chi connectivity index (χ3v) is 6.63. The van der Waals surface area contributed by atoms with Crippen molar-refractivity contribution in [3.05, 3.63) is 56.4 Å². The molecule has 1 saturated heterocycles. The first-order chi connectivity index (χ1) is 16.1. The molecule has 0 spiro atoms. The molecule has 0 atom stereocenters. The maximum atomic E-state index is 13.2. The van der Waals surface area contributed by atoms with Gasteiger partial charge in [-0.05, 0) is 6.07 Å². The summed E-state index contributed by atoms with van der Waals surface area (Å²) in [5.74, 6) is 1.27. The second-order valence-electron chi connectivity index (χ2n) is 7.47. The second kappa shape index (κ2) is 8.97. The van der Waals surface area contributed by atoms with E-state index in [-0.39, 0.29) is 9.83 Å². The molecule has 1 aliphatic heterocycles. The first-order valence-corrected chi connectivity index (χ1v) is 10.9. The van der Waals surface area contributed by atoms with E-state index in [2.05, 4.69) is 9.88 Å². The van der Waals surface area contributed by atoms with Gasteiger partial charge in [-0.2, -0.15) is 18.2 Å². The molecule has 0 aliphatic carbocycles. The van der Waals surface area contributed by atoms with Crippen LogP contribution in [0.4, 0.5) is 29.7 Å². The number of anilines is 2.